The maximum Gasteiger partial charge on any atom is 0.265 e. The van der Waals surface area contributed by atoms with Gasteiger partial charge >= 0.3 is 0 Å². The SMILES string of the molecule is C#Cc1cc(CCS(=O)(=O)O)ccc1NCc1ccccc1. The third-order valence-electron chi connectivity index (χ3n) is 3.21. The van der Waals surface area contributed by atoms with Gasteiger partial charge in [-0.1, -0.05) is 42.3 Å². The summed E-state index contributed by atoms with van der Waals surface area (Å²) >= 11 is 0. The number of nitrogens with one attached hydrogen (secondary N) is 1. The summed E-state index contributed by atoms with van der Waals surface area (Å²) in [6.45, 7) is 0.653. The van der Waals surface area contributed by atoms with Crippen molar-refractivity contribution in [2.45, 2.75) is 13.0 Å². The van der Waals surface area contributed by atoms with Crippen molar-refractivity contribution in [3.63, 3.8) is 0 Å². The summed E-state index contributed by atoms with van der Waals surface area (Å²) in [5, 5.41) is 3.27. The van der Waals surface area contributed by atoms with Crippen LogP contribution >= 0.6 is 0 Å². The van der Waals surface area contributed by atoms with Crippen LogP contribution in [0.3, 0.4) is 0 Å². The molecule has 0 spiro atoms. The van der Waals surface area contributed by atoms with Gasteiger partial charge in [-0.3, -0.25) is 4.55 Å². The van der Waals surface area contributed by atoms with Crippen LogP contribution in [0, 0.1) is 12.3 Å². The fraction of sp³-hybridized carbons (Fsp3) is 0.176. The predicted molar refractivity (Wildman–Crippen MR) is 88.3 cm³/mol. The van der Waals surface area contributed by atoms with Crippen LogP contribution in [0.25, 0.3) is 0 Å². The molecule has 2 N–H and O–H groups in total. The zero-order valence-electron chi connectivity index (χ0n) is 12.0. The summed E-state index contributed by atoms with van der Waals surface area (Å²) in [7, 11) is -3.97. The molecule has 0 saturated heterocycles. The van der Waals surface area contributed by atoms with E-state index in [4.69, 9.17) is 11.0 Å². The number of hydrogen-bond donors (Lipinski definition) is 2. The summed E-state index contributed by atoms with van der Waals surface area (Å²) in [6, 6.07) is 15.3. The van der Waals surface area contributed by atoms with E-state index in [-0.39, 0.29) is 12.2 Å². The monoisotopic (exact) mass is 315 g/mol. The van der Waals surface area contributed by atoms with Crippen LogP contribution in [0.2, 0.25) is 0 Å². The Morgan fingerprint density at radius 1 is 1.09 bits per heavy atom. The van der Waals surface area contributed by atoms with E-state index in [1.54, 1.807) is 12.1 Å². The average Bonchev–Trinajstić information content (AvgIpc) is 2.51. The van der Waals surface area contributed by atoms with E-state index in [9.17, 15) is 8.42 Å². The van der Waals surface area contributed by atoms with Crippen molar-refractivity contribution in [3.05, 3.63) is 65.2 Å². The van der Waals surface area contributed by atoms with Crippen molar-refractivity contribution in [1.82, 2.24) is 0 Å². The molecule has 0 radical (unpaired) electrons. The molecule has 0 aliphatic rings. The minimum Gasteiger partial charge on any atom is -0.380 e. The highest BCUT2D eigenvalue weighted by atomic mass is 32.2. The van der Waals surface area contributed by atoms with Crippen molar-refractivity contribution in [2.24, 2.45) is 0 Å². The molecular formula is C17H17NO3S. The van der Waals surface area contributed by atoms with Crippen molar-refractivity contribution in [1.29, 1.82) is 0 Å². The minimum absolute atomic E-state index is 0.229. The molecule has 0 unspecified atom stereocenters. The molecule has 4 nitrogen and oxygen atoms in total. The lowest BCUT2D eigenvalue weighted by Crippen LogP contribution is -2.07. The molecule has 2 rings (SSSR count). The fourth-order valence-electron chi connectivity index (χ4n) is 2.06. The zero-order chi connectivity index (χ0) is 16.0. The Hall–Kier alpha value is -2.29. The molecule has 0 aliphatic heterocycles. The third kappa shape index (κ3) is 4.92. The quantitative estimate of drug-likeness (QED) is 0.635. The first kappa shape index (κ1) is 16.1. The molecule has 0 heterocycles. The first-order valence-electron chi connectivity index (χ1n) is 6.80. The van der Waals surface area contributed by atoms with E-state index >= 15 is 0 Å². The summed E-state index contributed by atoms with van der Waals surface area (Å²) in [4.78, 5) is 0. The summed E-state index contributed by atoms with van der Waals surface area (Å²) < 4.78 is 30.4. The number of rotatable bonds is 6. The molecule has 0 saturated carbocycles. The van der Waals surface area contributed by atoms with E-state index in [2.05, 4.69) is 11.2 Å². The first-order valence-corrected chi connectivity index (χ1v) is 8.41. The molecule has 22 heavy (non-hydrogen) atoms. The lowest BCUT2D eigenvalue weighted by molar-refractivity contribution is 0.482. The minimum atomic E-state index is -3.97. The fourth-order valence-corrected chi connectivity index (χ4v) is 2.55. The predicted octanol–water partition coefficient (Wildman–Crippen LogP) is 2.71. The van der Waals surface area contributed by atoms with E-state index < -0.39 is 10.1 Å². The Morgan fingerprint density at radius 2 is 1.82 bits per heavy atom. The van der Waals surface area contributed by atoms with Gasteiger partial charge in [0, 0.05) is 12.1 Å². The topological polar surface area (TPSA) is 66.4 Å². The van der Waals surface area contributed by atoms with E-state index in [1.807, 2.05) is 36.4 Å². The Kier molecular flexibility index (Phi) is 5.21. The largest absolute Gasteiger partial charge is 0.380 e. The molecule has 0 aromatic heterocycles. The highest BCUT2D eigenvalue weighted by Gasteiger charge is 2.07. The van der Waals surface area contributed by atoms with Crippen LogP contribution < -0.4 is 5.32 Å². The number of hydrogen-bond acceptors (Lipinski definition) is 3. The van der Waals surface area contributed by atoms with Crippen molar-refractivity contribution >= 4 is 15.8 Å². The molecule has 0 atom stereocenters. The number of anilines is 1. The Labute approximate surface area is 130 Å². The van der Waals surface area contributed by atoms with Crippen molar-refractivity contribution in [3.8, 4) is 12.3 Å². The van der Waals surface area contributed by atoms with E-state index in [0.717, 1.165) is 16.8 Å². The standard InChI is InChI=1S/C17H17NO3S/c1-2-16-12-14(10-11-22(19,20)21)8-9-17(16)18-13-15-6-4-3-5-7-15/h1,3-9,12,18H,10-11,13H2,(H,19,20,21). The Bertz CT molecular complexity index is 777. The summed E-state index contributed by atoms with van der Waals surface area (Å²) in [5.41, 5.74) is 3.41. The second-order valence-corrected chi connectivity index (χ2v) is 6.47. The van der Waals surface area contributed by atoms with Gasteiger partial charge in [0.15, 0.2) is 0 Å². The van der Waals surface area contributed by atoms with Crippen LogP contribution in [0.4, 0.5) is 5.69 Å². The van der Waals surface area contributed by atoms with Crippen LogP contribution in [0.1, 0.15) is 16.7 Å². The first-order chi connectivity index (χ1) is 10.5. The van der Waals surface area contributed by atoms with Gasteiger partial charge in [-0.05, 0) is 29.7 Å². The molecule has 2 aromatic rings. The summed E-state index contributed by atoms with van der Waals surface area (Å²) in [5.74, 6) is 2.28. The van der Waals surface area contributed by atoms with Gasteiger partial charge < -0.3 is 5.32 Å². The number of aryl methyl sites for hydroxylation is 1. The van der Waals surface area contributed by atoms with Gasteiger partial charge in [-0.2, -0.15) is 8.42 Å². The maximum absolute atomic E-state index is 10.8. The van der Waals surface area contributed by atoms with Gasteiger partial charge in [0.25, 0.3) is 10.1 Å². The zero-order valence-corrected chi connectivity index (χ0v) is 12.8. The third-order valence-corrected chi connectivity index (χ3v) is 3.93. The number of benzene rings is 2. The van der Waals surface area contributed by atoms with Crippen LogP contribution in [-0.4, -0.2) is 18.7 Å². The van der Waals surface area contributed by atoms with Crippen LogP contribution in [0.5, 0.6) is 0 Å². The average molecular weight is 315 g/mol. The second kappa shape index (κ2) is 7.12. The van der Waals surface area contributed by atoms with Crippen molar-refractivity contribution in [2.75, 3.05) is 11.1 Å². The Balaban J connectivity index is 2.08. The molecule has 0 fully saturated rings. The molecule has 0 amide bonds. The van der Waals surface area contributed by atoms with Crippen LogP contribution in [-0.2, 0) is 23.1 Å². The van der Waals surface area contributed by atoms with Gasteiger partial charge in [0.2, 0.25) is 0 Å². The highest BCUT2D eigenvalue weighted by Crippen LogP contribution is 2.18. The van der Waals surface area contributed by atoms with Crippen LogP contribution in [0.15, 0.2) is 48.5 Å². The van der Waals surface area contributed by atoms with Gasteiger partial charge in [0.05, 0.1) is 11.4 Å². The smallest absolute Gasteiger partial charge is 0.265 e. The molecule has 5 heteroatoms. The van der Waals surface area contributed by atoms with Gasteiger partial charge in [-0.15, -0.1) is 6.42 Å². The maximum atomic E-state index is 10.8. The lowest BCUT2D eigenvalue weighted by atomic mass is 10.1. The summed E-state index contributed by atoms with van der Waals surface area (Å²) in [6.07, 6.45) is 5.74. The molecule has 2 aromatic carbocycles. The van der Waals surface area contributed by atoms with Crippen molar-refractivity contribution < 1.29 is 13.0 Å². The normalized spacial score (nSPS) is 10.9. The second-order valence-electron chi connectivity index (χ2n) is 4.90. The van der Waals surface area contributed by atoms with Gasteiger partial charge in [0.1, 0.15) is 0 Å². The highest BCUT2D eigenvalue weighted by molar-refractivity contribution is 7.85. The number of terminal acetylenes is 1. The molecule has 114 valence electrons. The Morgan fingerprint density at radius 3 is 2.45 bits per heavy atom. The van der Waals surface area contributed by atoms with Gasteiger partial charge in [-0.25, -0.2) is 0 Å². The lowest BCUT2D eigenvalue weighted by Gasteiger charge is -2.10. The molecule has 0 aliphatic carbocycles. The molecule has 0 bridgehead atoms. The molecular weight excluding hydrogens is 298 g/mol. The van der Waals surface area contributed by atoms with E-state index in [1.165, 1.54) is 0 Å². The van der Waals surface area contributed by atoms with E-state index in [0.29, 0.717) is 12.1 Å².